The van der Waals surface area contributed by atoms with Crippen LogP contribution >= 0.6 is 0 Å². The van der Waals surface area contributed by atoms with Gasteiger partial charge in [-0.2, -0.15) is 0 Å². The van der Waals surface area contributed by atoms with Crippen molar-refractivity contribution in [3.8, 4) is 11.5 Å². The van der Waals surface area contributed by atoms with Crippen LogP contribution in [0.5, 0.6) is 11.5 Å². The first kappa shape index (κ1) is 27.3. The number of anilines is 1. The topological polar surface area (TPSA) is 103 Å². The maximum absolute atomic E-state index is 12.3. The number of carbonyl (C=O) groups excluding carboxylic acids is 2. The van der Waals surface area contributed by atoms with Gasteiger partial charge in [-0.25, -0.2) is 0 Å². The van der Waals surface area contributed by atoms with Gasteiger partial charge in [-0.1, -0.05) is 18.2 Å². The zero-order valence-electron chi connectivity index (χ0n) is 21.7. The Morgan fingerprint density at radius 2 is 1.86 bits per heavy atom. The number of nitrogens with one attached hydrogen (secondary N) is 1. The van der Waals surface area contributed by atoms with Crippen LogP contribution in [0.1, 0.15) is 55.1 Å². The van der Waals surface area contributed by atoms with Gasteiger partial charge in [0.2, 0.25) is 0 Å². The van der Waals surface area contributed by atoms with Crippen molar-refractivity contribution in [2.75, 3.05) is 44.4 Å². The molecule has 196 valence electrons. The molecule has 1 aliphatic heterocycles. The first-order chi connectivity index (χ1) is 17.4. The number of primary amides is 1. The van der Waals surface area contributed by atoms with Crippen LogP contribution in [0.25, 0.3) is 0 Å². The Morgan fingerprint density at radius 1 is 1.11 bits per heavy atom. The molecule has 36 heavy (non-hydrogen) atoms. The highest BCUT2D eigenvalue weighted by Crippen LogP contribution is 2.34. The summed E-state index contributed by atoms with van der Waals surface area (Å²) < 4.78 is 16.5. The van der Waals surface area contributed by atoms with E-state index in [1.54, 1.807) is 6.92 Å². The summed E-state index contributed by atoms with van der Waals surface area (Å²) >= 11 is 0. The minimum atomic E-state index is -0.424. The van der Waals surface area contributed by atoms with Crippen LogP contribution in [-0.2, 0) is 22.4 Å². The second kappa shape index (κ2) is 13.7. The highest BCUT2D eigenvalue weighted by Gasteiger charge is 2.25. The number of carbonyl (C=O) groups is 2. The van der Waals surface area contributed by atoms with Gasteiger partial charge in [-0.15, -0.1) is 0 Å². The quantitative estimate of drug-likeness (QED) is 0.287. The van der Waals surface area contributed by atoms with Gasteiger partial charge in [0.15, 0.2) is 11.5 Å². The highest BCUT2D eigenvalue weighted by atomic mass is 16.5. The molecule has 0 aromatic heterocycles. The molecule has 3 N–H and O–H groups in total. The number of ether oxygens (including phenoxy) is 3. The fourth-order valence-corrected chi connectivity index (χ4v) is 4.60. The lowest BCUT2D eigenvalue weighted by Crippen LogP contribution is -2.32. The van der Waals surface area contributed by atoms with E-state index in [9.17, 15) is 9.59 Å². The number of esters is 1. The summed E-state index contributed by atoms with van der Waals surface area (Å²) in [6, 6.07) is 12.0. The van der Waals surface area contributed by atoms with Crippen molar-refractivity contribution in [1.82, 2.24) is 5.32 Å². The van der Waals surface area contributed by atoms with Crippen molar-refractivity contribution in [2.45, 2.75) is 52.5 Å². The molecular weight excluding hydrogens is 458 g/mol. The molecule has 0 bridgehead atoms. The predicted molar refractivity (Wildman–Crippen MR) is 141 cm³/mol. The summed E-state index contributed by atoms with van der Waals surface area (Å²) in [7, 11) is 0. The lowest BCUT2D eigenvalue weighted by atomic mass is 9.98. The van der Waals surface area contributed by atoms with E-state index in [1.807, 2.05) is 37.3 Å². The van der Waals surface area contributed by atoms with Gasteiger partial charge in [0.05, 0.1) is 24.5 Å². The Morgan fingerprint density at radius 3 is 2.56 bits per heavy atom. The number of nitrogens with zero attached hydrogens (tertiary/aromatic N) is 1. The smallest absolute Gasteiger partial charge is 0.305 e. The molecule has 1 unspecified atom stereocenters. The lowest BCUT2D eigenvalue weighted by molar-refractivity contribution is -0.143. The van der Waals surface area contributed by atoms with Crippen molar-refractivity contribution >= 4 is 17.6 Å². The molecule has 0 saturated carbocycles. The summed E-state index contributed by atoms with van der Waals surface area (Å²) in [5.41, 5.74) is 9.46. The maximum Gasteiger partial charge on any atom is 0.305 e. The molecule has 2 aromatic carbocycles. The molecule has 0 spiro atoms. The molecule has 1 aliphatic rings. The molecule has 3 rings (SSSR count). The number of hydrogen-bond donors (Lipinski definition) is 2. The maximum atomic E-state index is 12.3. The molecule has 1 atom stereocenters. The summed E-state index contributed by atoms with van der Waals surface area (Å²) in [5.74, 6) is 0.880. The summed E-state index contributed by atoms with van der Waals surface area (Å²) in [6.45, 7) is 9.57. The number of hydrogen-bond acceptors (Lipinski definition) is 7. The number of fused-ring (bicyclic) bond motifs is 1. The zero-order valence-corrected chi connectivity index (χ0v) is 21.7. The van der Waals surface area contributed by atoms with E-state index in [1.165, 1.54) is 0 Å². The molecule has 2 aromatic rings. The number of amides is 1. The standard InChI is InChI=1S/C28H39N3O5/c1-4-34-24-9-6-7-10-25(24)36-16-13-30-20(3)17-21-18-22-12-15-31(14-8-11-26(32)35-5-2)27(22)23(19-21)28(29)33/h6-7,9-10,18-20,30H,4-5,8,11-17H2,1-3H3,(H2,29,33). The largest absolute Gasteiger partial charge is 0.490 e. The van der Waals surface area contributed by atoms with Crippen LogP contribution in [-0.4, -0.2) is 57.4 Å². The summed E-state index contributed by atoms with van der Waals surface area (Å²) in [5, 5.41) is 3.49. The van der Waals surface area contributed by atoms with E-state index in [0.29, 0.717) is 51.3 Å². The molecule has 0 radical (unpaired) electrons. The Balaban J connectivity index is 1.54. The van der Waals surface area contributed by atoms with E-state index in [0.717, 1.165) is 47.7 Å². The van der Waals surface area contributed by atoms with Gasteiger partial charge in [0.25, 0.3) is 5.91 Å². The van der Waals surface area contributed by atoms with Crippen LogP contribution in [0, 0.1) is 0 Å². The van der Waals surface area contributed by atoms with Crippen LogP contribution in [0.15, 0.2) is 36.4 Å². The Labute approximate surface area is 214 Å². The van der Waals surface area contributed by atoms with E-state index < -0.39 is 5.91 Å². The van der Waals surface area contributed by atoms with Crippen LogP contribution in [0.4, 0.5) is 5.69 Å². The van der Waals surface area contributed by atoms with Gasteiger partial charge in [0, 0.05) is 32.1 Å². The Bertz CT molecular complexity index is 1030. The van der Waals surface area contributed by atoms with Gasteiger partial charge in [-0.3, -0.25) is 9.59 Å². The van der Waals surface area contributed by atoms with E-state index in [4.69, 9.17) is 19.9 Å². The number of benzene rings is 2. The Hall–Kier alpha value is -3.26. The van der Waals surface area contributed by atoms with E-state index >= 15 is 0 Å². The second-order valence-electron chi connectivity index (χ2n) is 8.95. The first-order valence-electron chi connectivity index (χ1n) is 12.9. The minimum absolute atomic E-state index is 0.187. The van der Waals surface area contributed by atoms with E-state index in [2.05, 4.69) is 23.2 Å². The van der Waals surface area contributed by atoms with Crippen molar-refractivity contribution in [2.24, 2.45) is 5.73 Å². The van der Waals surface area contributed by atoms with Gasteiger partial charge >= 0.3 is 5.97 Å². The van der Waals surface area contributed by atoms with Crippen molar-refractivity contribution in [3.63, 3.8) is 0 Å². The number of nitrogens with two attached hydrogens (primary N) is 1. The molecular formula is C28H39N3O5. The third-order valence-electron chi connectivity index (χ3n) is 6.14. The molecule has 0 aliphatic carbocycles. The van der Waals surface area contributed by atoms with Crippen molar-refractivity contribution in [1.29, 1.82) is 0 Å². The van der Waals surface area contributed by atoms with Crippen LogP contribution in [0.3, 0.4) is 0 Å². The monoisotopic (exact) mass is 497 g/mol. The average molecular weight is 498 g/mol. The number of para-hydroxylation sites is 2. The molecule has 8 nitrogen and oxygen atoms in total. The van der Waals surface area contributed by atoms with Gasteiger partial charge in [0.1, 0.15) is 6.61 Å². The van der Waals surface area contributed by atoms with Gasteiger partial charge in [-0.05, 0) is 69.4 Å². The highest BCUT2D eigenvalue weighted by molar-refractivity contribution is 6.00. The SMILES string of the molecule is CCOC(=O)CCCN1CCc2cc(CC(C)NCCOc3ccccc3OCC)cc(C(N)=O)c21. The second-order valence-corrected chi connectivity index (χ2v) is 8.95. The Kier molecular flexibility index (Phi) is 10.4. The van der Waals surface area contributed by atoms with Gasteiger partial charge < -0.3 is 30.2 Å². The fraction of sp³-hybridized carbons (Fsp3) is 0.500. The summed E-state index contributed by atoms with van der Waals surface area (Å²) in [6.07, 6.45) is 2.67. The van der Waals surface area contributed by atoms with Crippen LogP contribution in [0.2, 0.25) is 0 Å². The van der Waals surface area contributed by atoms with Crippen molar-refractivity contribution < 1.29 is 23.8 Å². The predicted octanol–water partition coefficient (Wildman–Crippen LogP) is 3.49. The molecule has 1 heterocycles. The molecule has 0 saturated heterocycles. The van der Waals surface area contributed by atoms with E-state index in [-0.39, 0.29) is 12.0 Å². The number of rotatable bonds is 15. The fourth-order valence-electron chi connectivity index (χ4n) is 4.60. The van der Waals surface area contributed by atoms with Crippen LogP contribution < -0.4 is 25.4 Å². The zero-order chi connectivity index (χ0) is 25.9. The lowest BCUT2D eigenvalue weighted by Gasteiger charge is -2.22. The third-order valence-corrected chi connectivity index (χ3v) is 6.14. The molecule has 0 fully saturated rings. The first-order valence-corrected chi connectivity index (χ1v) is 12.9. The third kappa shape index (κ3) is 7.62. The minimum Gasteiger partial charge on any atom is -0.490 e. The van der Waals surface area contributed by atoms with Crippen molar-refractivity contribution in [3.05, 3.63) is 53.1 Å². The average Bonchev–Trinajstić information content (AvgIpc) is 3.25. The summed E-state index contributed by atoms with van der Waals surface area (Å²) in [4.78, 5) is 26.1. The normalized spacial score (nSPS) is 13.2. The molecule has 8 heteroatoms. The molecule has 1 amide bonds.